The van der Waals surface area contributed by atoms with Crippen LogP contribution in [0.4, 0.5) is 34.9 Å². The largest absolute Gasteiger partial charge is 0.354 e. The second-order valence-electron chi connectivity index (χ2n) is 28.4. The van der Waals surface area contributed by atoms with Crippen molar-refractivity contribution in [2.75, 3.05) is 188 Å². The van der Waals surface area contributed by atoms with E-state index in [4.69, 9.17) is 148 Å². The number of nitrogens with one attached hydrogen (secondary N) is 6. The minimum absolute atomic E-state index is 0.0242. The molecule has 18 rings (SSSR count). The Labute approximate surface area is 934 Å². The molecule has 0 radical (unpaired) electrons. The molecule has 738 valence electrons. The lowest BCUT2D eigenvalue weighted by atomic mass is 9.92. The first-order valence-corrected chi connectivity index (χ1v) is 39.5. The normalized spacial score (nSPS) is 40.1. The number of aryl methyl sites for hydroxylation is 3. The number of rotatable bonds is 18. The molecule has 42 heteroatoms. The minimum Gasteiger partial charge on any atom is -0.354 e. The predicted octanol–water partition coefficient (Wildman–Crippen LogP) is 10.2. The van der Waals surface area contributed by atoms with Crippen LogP contribution in [0.5, 0.6) is 0 Å². The summed E-state index contributed by atoms with van der Waals surface area (Å²) >= 11 is 0. The van der Waals surface area contributed by atoms with Gasteiger partial charge in [-0.2, -0.15) is 0 Å². The monoisotopic (exact) mass is 2000 g/mol. The second kappa shape index (κ2) is 47.1. The Morgan fingerprint density at radius 1 is 0.355 bits per heavy atom. The molecule has 12 aromatic heterocycles. The summed E-state index contributed by atoms with van der Waals surface area (Å²) in [6.45, 7) is -40.2. The van der Waals surface area contributed by atoms with Gasteiger partial charge in [0.25, 0.3) is 39.0 Å². The lowest BCUT2D eigenvalue weighted by Crippen LogP contribution is -2.53. The van der Waals surface area contributed by atoms with Crippen molar-refractivity contribution in [1.82, 2.24) is 119 Å². The van der Waals surface area contributed by atoms with Gasteiger partial charge in [-0.3, -0.25) is 28.8 Å². The van der Waals surface area contributed by atoms with E-state index < -0.39 is 383 Å². The summed E-state index contributed by atoms with van der Waals surface area (Å²) in [4.78, 5) is 153. The summed E-state index contributed by atoms with van der Waals surface area (Å²) in [5.74, 6) is -34.0. The van der Waals surface area contributed by atoms with Gasteiger partial charge in [-0.25, -0.2) is 99.2 Å². The van der Waals surface area contributed by atoms with Gasteiger partial charge in [0.15, 0.2) is 0 Å². The first-order valence-electron chi connectivity index (χ1n) is 80.0. The average Bonchev–Trinajstić information content (AvgIpc) is 0.911. The van der Waals surface area contributed by atoms with Crippen molar-refractivity contribution >= 4 is 137 Å². The van der Waals surface area contributed by atoms with Crippen LogP contribution in [0.15, 0.2) is 92.7 Å². The number of hydrogen-bond donors (Lipinski definition) is 6. The second-order valence-corrected chi connectivity index (χ2v) is 28.4. The molecular formula is C99H126N36O6. The van der Waals surface area contributed by atoms with Gasteiger partial charge in [0.05, 0.1) is 93.2 Å². The molecule has 42 nitrogen and oxygen atoms in total. The molecule has 0 unspecified atom stereocenters. The molecule has 0 saturated carbocycles. The Kier molecular flexibility index (Phi) is 13.6. The number of H-pyrrole nitrogens is 6. The molecule has 6 amide bonds. The van der Waals surface area contributed by atoms with Crippen molar-refractivity contribution in [3.63, 3.8) is 0 Å². The highest BCUT2D eigenvalue weighted by Gasteiger charge is 2.41. The fraction of sp³-hybridized carbons (Fsp3) is 0.515. The van der Waals surface area contributed by atoms with Gasteiger partial charge in [-0.05, 0) is 131 Å². The van der Waals surface area contributed by atoms with Crippen LogP contribution in [-0.2, 0) is 28.8 Å². The molecule has 0 bridgehead atoms. The number of carbonyl (C=O) groups excluding carboxylic acids is 6. The van der Waals surface area contributed by atoms with E-state index in [9.17, 15) is 31.5 Å². The highest BCUT2D eigenvalue weighted by molar-refractivity contribution is 5.93. The minimum atomic E-state index is -4.44. The van der Waals surface area contributed by atoms with E-state index in [1.807, 2.05) is 0 Å². The lowest BCUT2D eigenvalue weighted by molar-refractivity contribution is -0.131. The molecule has 12 aromatic rings. The first-order chi connectivity index (χ1) is 99.0. The van der Waals surface area contributed by atoms with Crippen molar-refractivity contribution < 1.29 is 140 Å². The van der Waals surface area contributed by atoms with Crippen LogP contribution in [0, 0.1) is 95.6 Å². The van der Waals surface area contributed by atoms with Crippen LogP contribution >= 0.6 is 0 Å². The van der Waals surface area contributed by atoms with Crippen molar-refractivity contribution in [3.05, 3.63) is 178 Å². The molecule has 18 heterocycles. The SMILES string of the molecule is [2H]c1nc(N(C([2H])([2H])[2H])[C@@]2([2H])C([2H])([2H])N(C(=O)C([2H])([2H])[N+]#[C-])C([2H])([2H])C([2H])([2H])[C@@]2([2H])C([2H])([2H])[2H])c2cc[nH]c2n1.[2H]c1nc(N(C([2H])([2H])[2H])[C@@]2([2H])C([2H])([2H])N(C(=O)C([2H])([2H])[N+]#[C-])C([2H])([2H])C([2H])([2H])[C@@]2([2H])C)c2cc[nH]c2n1.[2H]c1nc(N(C([2H])([2H])[2H])[C@]2([2H])[C@H](C([2H])([2H])[2H])C([2H])([2H])C([2H])([2H])N(C(=O)C([2H])([2H])[N+]#[C-])C2([2H])[2H])c2cc[nH]c2n1.[2H]c1nc(N(C)[C@@H]2[C@H](C([2H])([2H])[2H])C([2H])([2H])C([2H])([2H])N(C(=O)C([2H])([2H])[N+]#[C-])C2([2H])[2H])c2c([2H])c(C)[nH]c2n1.[2H]c1nc(N(C)[C@@H]2[C@H](C)C([2H])([2H])C([2H])([2H])N(C(=O)C([2H])([2H])[N+]#[C-])C2([2H])[2H])c2c([2H])c(C)[nH]c2n1.[2H]c1nc(N(C)[C@H]2C([2H])([2H])N(C(=O)C([2H])([2H])[N+]#[C-])C([2H])([2H])C([2H])([2H])[C@@]2([2H])C)c2c([2H])c(C)[nH]c2n1. The highest BCUT2D eigenvalue weighted by atomic mass is 16.2. The summed E-state index contributed by atoms with van der Waals surface area (Å²) in [6, 6.07) is -15.2. The van der Waals surface area contributed by atoms with Crippen LogP contribution in [0.3, 0.4) is 0 Å². The highest BCUT2D eigenvalue weighted by Crippen LogP contribution is 2.37. The van der Waals surface area contributed by atoms with Crippen LogP contribution in [0.2, 0.25) is 0 Å². The fourth-order valence-corrected chi connectivity index (χ4v) is 12.8. The number of aromatic nitrogens is 18. The maximum Gasteiger partial charge on any atom is 0.302 e. The molecule has 12 atom stereocenters. The van der Waals surface area contributed by atoms with Gasteiger partial charge in [0, 0.05) is 217 Å². The van der Waals surface area contributed by atoms with Crippen molar-refractivity contribution in [3.8, 4) is 0 Å². The van der Waals surface area contributed by atoms with Crippen molar-refractivity contribution in [2.24, 2.45) is 35.4 Å². The number of carbonyl (C=O) groups is 6. The first kappa shape index (κ1) is 40.6. The molecule has 0 spiro atoms. The number of hydrogen-bond acceptors (Lipinski definition) is 24. The Balaban J connectivity index is 0.000000212. The molecule has 6 saturated heterocycles. The standard InChI is InChI=1S/3C17H22N6O.3C16H20N6O/c3*1-11-5-6-23(15(24)8-18-3)9-14(11)22(4)17-13-7-12(2)21-16(13)19-10-20-17;3*1-11-5-7-22(14(23)8-17-2)9-13(11)21(3)16-12-4-6-18-15(12)19-10-20-16/h3*7,10-11,14H,5-6,8-9H2,1-2,4H3,(H,19,20,21);3*4,6,10-11,13H,5,7-9H2,1,3H3,(H,18,19,20)/t3*11-,14+;3*11-,13+/m111111/s1/i5D2,6D2,7D,8D2,9D2,10D,11D;1D3,5D2,6D2,7D,8D2,9D2,10D;5D2,6D2,7D,8D2,9D2,10D;1D3,3D3,5D2,7D2,8D2,9D2,10D,11D,13D;3D3,5D2,7D2,8D2,9D2,10D,11D,13D;1D3,3D3,5D2,7D2,8D2,9D2,10D,13D. The van der Waals surface area contributed by atoms with Crippen LogP contribution in [0.25, 0.3) is 95.3 Å². The van der Waals surface area contributed by atoms with Crippen LogP contribution < -0.4 is 29.4 Å². The van der Waals surface area contributed by atoms with Crippen LogP contribution in [0.1, 0.15) is 208 Å². The summed E-state index contributed by atoms with van der Waals surface area (Å²) < 4.78 is 668. The van der Waals surface area contributed by atoms with E-state index in [-0.39, 0.29) is 127 Å². The van der Waals surface area contributed by atoms with E-state index in [2.05, 4.69) is 119 Å². The van der Waals surface area contributed by atoms with Gasteiger partial charge in [0.1, 0.15) is 131 Å². The Hall–Kier alpha value is -15.7. The lowest BCUT2D eigenvalue weighted by Gasteiger charge is -2.41. The number of piperidine rings is 6. The van der Waals surface area contributed by atoms with E-state index >= 15 is 0 Å². The fourth-order valence-electron chi connectivity index (χ4n) is 12.8. The van der Waals surface area contributed by atoms with Crippen LogP contribution in [-0.4, -0.2) is 350 Å². The zero-order valence-electron chi connectivity index (χ0n) is 155. The zero-order chi connectivity index (χ0) is 172. The molecule has 141 heavy (non-hydrogen) atoms. The number of anilines is 6. The molecule has 0 aromatic carbocycles. The molecule has 0 aliphatic carbocycles. The number of fused-ring (bicyclic) bond motifs is 6. The third kappa shape index (κ3) is 24.0. The summed E-state index contributed by atoms with van der Waals surface area (Å²) in [5, 5.41) is -0.768. The molecule has 6 fully saturated rings. The van der Waals surface area contributed by atoms with Crippen molar-refractivity contribution in [1.29, 1.82) is 0 Å². The third-order valence-corrected chi connectivity index (χ3v) is 19.3. The molecule has 6 aliphatic rings. The Bertz CT molecular complexity index is 10900. The Morgan fingerprint density at radius 2 is 0.624 bits per heavy atom. The third-order valence-electron chi connectivity index (χ3n) is 19.3. The van der Waals surface area contributed by atoms with Gasteiger partial charge in [-0.15, -0.1) is 0 Å². The van der Waals surface area contributed by atoms with E-state index in [0.717, 1.165) is 47.0 Å². The number of nitrogens with zero attached hydrogens (tertiary/aromatic N) is 30. The number of aromatic amines is 6. The van der Waals surface area contributed by atoms with Gasteiger partial charge >= 0.3 is 35.4 Å². The maximum atomic E-state index is 13.1. The number of amides is 6. The summed E-state index contributed by atoms with van der Waals surface area (Å²) in [6.07, 6.45) is -22.5. The van der Waals surface area contributed by atoms with Crippen molar-refractivity contribution in [2.45, 2.75) is 137 Å². The van der Waals surface area contributed by atoms with Gasteiger partial charge < -0.3 is 118 Å². The molecule has 6 aliphatic heterocycles. The maximum absolute atomic E-state index is 13.1. The van der Waals surface area contributed by atoms with Gasteiger partial charge in [-0.1, -0.05) is 41.3 Å². The number of likely N-dealkylation sites (N-methyl/N-ethyl adjacent to an activating group) is 6. The van der Waals surface area contributed by atoms with E-state index in [1.165, 1.54) is 46.4 Å². The number of likely N-dealkylation sites (tertiary alicyclic amines) is 6. The smallest absolute Gasteiger partial charge is 0.302 e. The Morgan fingerprint density at radius 3 is 0.965 bits per heavy atom. The quantitative estimate of drug-likeness (QED) is 0.0435. The van der Waals surface area contributed by atoms with Gasteiger partial charge in [0.2, 0.25) is 0 Å². The average molecular weight is 2000 g/mol. The predicted molar refractivity (Wildman–Crippen MR) is 542 cm³/mol. The molecule has 6 N–H and O–H groups in total. The molecular weight excluding hydrogens is 1790 g/mol. The van der Waals surface area contributed by atoms with E-state index in [0.29, 0.717) is 18.3 Å². The topological polar surface area (TPSA) is 417 Å². The summed E-state index contributed by atoms with van der Waals surface area (Å²) in [7, 11) is 3.56. The van der Waals surface area contributed by atoms with E-state index in [1.54, 1.807) is 13.8 Å². The zero-order valence-corrected chi connectivity index (χ0v) is 73.8. The summed E-state index contributed by atoms with van der Waals surface area (Å²) in [5.41, 5.74) is 0.522.